The van der Waals surface area contributed by atoms with Gasteiger partial charge in [0.2, 0.25) is 5.91 Å². The summed E-state index contributed by atoms with van der Waals surface area (Å²) in [5, 5.41) is 5.25. The first kappa shape index (κ1) is 15.5. The number of carbonyl (C=O) groups excluding carboxylic acids is 1. The molecule has 2 rings (SSSR count). The molecule has 0 saturated carbocycles. The lowest BCUT2D eigenvalue weighted by molar-refractivity contribution is -0.119. The van der Waals surface area contributed by atoms with Crippen LogP contribution in [0.4, 0.5) is 5.13 Å². The number of nitrogens with zero attached hydrogens (tertiary/aromatic N) is 1. The van der Waals surface area contributed by atoms with Crippen molar-refractivity contribution in [3.63, 3.8) is 0 Å². The molecule has 1 atom stereocenters. The SMILES string of the molecule is COc1ccc(C)cc1-c1csc(NC(=O)C(C)CN)n1. The Hall–Kier alpha value is -1.92. The van der Waals surface area contributed by atoms with Crippen molar-refractivity contribution in [3.05, 3.63) is 29.1 Å². The molecule has 0 aliphatic heterocycles. The summed E-state index contributed by atoms with van der Waals surface area (Å²) in [5.74, 6) is 0.416. The van der Waals surface area contributed by atoms with Gasteiger partial charge in [0.1, 0.15) is 5.75 Å². The Balaban J connectivity index is 2.24. The fourth-order valence-electron chi connectivity index (χ4n) is 1.81. The van der Waals surface area contributed by atoms with Crippen LogP contribution < -0.4 is 15.8 Å². The van der Waals surface area contributed by atoms with Gasteiger partial charge < -0.3 is 15.8 Å². The number of methoxy groups -OCH3 is 1. The number of nitrogens with one attached hydrogen (secondary N) is 1. The van der Waals surface area contributed by atoms with Crippen molar-refractivity contribution in [1.82, 2.24) is 4.98 Å². The van der Waals surface area contributed by atoms with Crippen LogP contribution >= 0.6 is 11.3 Å². The van der Waals surface area contributed by atoms with Crippen molar-refractivity contribution >= 4 is 22.4 Å². The van der Waals surface area contributed by atoms with Crippen LogP contribution in [-0.2, 0) is 4.79 Å². The molecule has 0 fully saturated rings. The molecule has 112 valence electrons. The Morgan fingerprint density at radius 1 is 1.52 bits per heavy atom. The van der Waals surface area contributed by atoms with E-state index in [1.807, 2.05) is 30.5 Å². The van der Waals surface area contributed by atoms with Crippen LogP contribution in [-0.4, -0.2) is 24.5 Å². The number of benzene rings is 1. The molecule has 1 unspecified atom stereocenters. The maximum Gasteiger partial charge on any atom is 0.230 e. The molecule has 0 aliphatic carbocycles. The Morgan fingerprint density at radius 2 is 2.29 bits per heavy atom. The molecule has 3 N–H and O–H groups in total. The van der Waals surface area contributed by atoms with E-state index in [2.05, 4.69) is 10.3 Å². The first-order chi connectivity index (χ1) is 10.0. The number of nitrogens with two attached hydrogens (primary N) is 1. The summed E-state index contributed by atoms with van der Waals surface area (Å²) in [5.41, 5.74) is 8.31. The quantitative estimate of drug-likeness (QED) is 0.890. The smallest absolute Gasteiger partial charge is 0.230 e. The molecule has 5 nitrogen and oxygen atoms in total. The maximum absolute atomic E-state index is 11.8. The highest BCUT2D eigenvalue weighted by Crippen LogP contribution is 2.33. The molecule has 21 heavy (non-hydrogen) atoms. The van der Waals surface area contributed by atoms with Gasteiger partial charge in [-0.25, -0.2) is 4.98 Å². The summed E-state index contributed by atoms with van der Waals surface area (Å²) in [6, 6.07) is 5.92. The van der Waals surface area contributed by atoms with Gasteiger partial charge in [0, 0.05) is 23.4 Å². The highest BCUT2D eigenvalue weighted by atomic mass is 32.1. The minimum atomic E-state index is -0.231. The Labute approximate surface area is 128 Å². The van der Waals surface area contributed by atoms with Gasteiger partial charge >= 0.3 is 0 Å². The van der Waals surface area contributed by atoms with Crippen molar-refractivity contribution in [1.29, 1.82) is 0 Å². The van der Waals surface area contributed by atoms with Crippen LogP contribution in [0.1, 0.15) is 12.5 Å². The summed E-state index contributed by atoms with van der Waals surface area (Å²) < 4.78 is 5.36. The average Bonchev–Trinajstić information content (AvgIpc) is 2.94. The van der Waals surface area contributed by atoms with Crippen molar-refractivity contribution in [2.45, 2.75) is 13.8 Å². The Morgan fingerprint density at radius 3 is 2.95 bits per heavy atom. The zero-order valence-corrected chi connectivity index (χ0v) is 13.2. The van der Waals surface area contributed by atoms with E-state index < -0.39 is 0 Å². The lowest BCUT2D eigenvalue weighted by Crippen LogP contribution is -2.26. The van der Waals surface area contributed by atoms with Crippen molar-refractivity contribution in [2.75, 3.05) is 19.0 Å². The van der Waals surface area contributed by atoms with E-state index in [9.17, 15) is 4.79 Å². The minimum Gasteiger partial charge on any atom is -0.496 e. The van der Waals surface area contributed by atoms with Gasteiger partial charge in [0.05, 0.1) is 12.8 Å². The zero-order valence-electron chi connectivity index (χ0n) is 12.3. The van der Waals surface area contributed by atoms with Crippen LogP contribution in [0.15, 0.2) is 23.6 Å². The molecule has 0 bridgehead atoms. The lowest BCUT2D eigenvalue weighted by Gasteiger charge is -2.08. The Kier molecular flexibility index (Phi) is 4.93. The highest BCUT2D eigenvalue weighted by Gasteiger charge is 2.15. The van der Waals surface area contributed by atoms with Crippen LogP contribution in [0.5, 0.6) is 5.75 Å². The third-order valence-corrected chi connectivity index (χ3v) is 3.92. The number of anilines is 1. The second-order valence-corrected chi connectivity index (χ2v) is 5.73. The molecule has 1 aromatic heterocycles. The molecule has 0 aliphatic rings. The second-order valence-electron chi connectivity index (χ2n) is 4.87. The number of carbonyl (C=O) groups is 1. The fourth-order valence-corrected chi connectivity index (χ4v) is 2.53. The summed E-state index contributed by atoms with van der Waals surface area (Å²) >= 11 is 1.39. The molecule has 1 amide bonds. The van der Waals surface area contributed by atoms with Crippen molar-refractivity contribution in [3.8, 4) is 17.0 Å². The molecular formula is C15H19N3O2S. The first-order valence-electron chi connectivity index (χ1n) is 6.66. The van der Waals surface area contributed by atoms with Crippen LogP contribution in [0.3, 0.4) is 0 Å². The van der Waals surface area contributed by atoms with E-state index in [1.165, 1.54) is 11.3 Å². The third kappa shape index (κ3) is 3.59. The maximum atomic E-state index is 11.8. The average molecular weight is 305 g/mol. The topological polar surface area (TPSA) is 77.2 Å². The van der Waals surface area contributed by atoms with E-state index in [-0.39, 0.29) is 11.8 Å². The van der Waals surface area contributed by atoms with Gasteiger partial charge in [-0.1, -0.05) is 18.6 Å². The predicted octanol–water partition coefficient (Wildman–Crippen LogP) is 2.66. The number of hydrogen-bond donors (Lipinski definition) is 2. The normalized spacial score (nSPS) is 12.0. The van der Waals surface area contributed by atoms with Gasteiger partial charge in [-0.15, -0.1) is 11.3 Å². The summed E-state index contributed by atoms with van der Waals surface area (Å²) in [4.78, 5) is 16.3. The predicted molar refractivity (Wildman–Crippen MR) is 85.7 cm³/mol. The van der Waals surface area contributed by atoms with Gasteiger partial charge in [-0.2, -0.15) is 0 Å². The van der Waals surface area contributed by atoms with E-state index in [0.29, 0.717) is 11.7 Å². The number of thiazole rings is 1. The number of amides is 1. The zero-order chi connectivity index (χ0) is 15.4. The van der Waals surface area contributed by atoms with E-state index >= 15 is 0 Å². The van der Waals surface area contributed by atoms with Gasteiger partial charge in [0.25, 0.3) is 0 Å². The third-order valence-electron chi connectivity index (χ3n) is 3.17. The molecular weight excluding hydrogens is 286 g/mol. The largest absolute Gasteiger partial charge is 0.496 e. The number of hydrogen-bond acceptors (Lipinski definition) is 5. The number of rotatable bonds is 5. The number of aromatic nitrogens is 1. The summed E-state index contributed by atoms with van der Waals surface area (Å²) in [7, 11) is 1.63. The molecule has 1 heterocycles. The second kappa shape index (κ2) is 6.69. The molecule has 2 aromatic rings. The van der Waals surface area contributed by atoms with Gasteiger partial charge in [0.15, 0.2) is 5.13 Å². The monoisotopic (exact) mass is 305 g/mol. The summed E-state index contributed by atoms with van der Waals surface area (Å²) in [6.45, 7) is 4.12. The summed E-state index contributed by atoms with van der Waals surface area (Å²) in [6.07, 6.45) is 0. The van der Waals surface area contributed by atoms with Crippen molar-refractivity contribution in [2.24, 2.45) is 11.7 Å². The Bertz CT molecular complexity index is 640. The van der Waals surface area contributed by atoms with Crippen LogP contribution in [0.2, 0.25) is 0 Å². The van der Waals surface area contributed by atoms with Gasteiger partial charge in [-0.3, -0.25) is 4.79 Å². The molecule has 6 heteroatoms. The van der Waals surface area contributed by atoms with E-state index in [0.717, 1.165) is 22.6 Å². The number of ether oxygens (including phenoxy) is 1. The van der Waals surface area contributed by atoms with E-state index in [4.69, 9.17) is 10.5 Å². The van der Waals surface area contributed by atoms with Crippen LogP contribution in [0, 0.1) is 12.8 Å². The minimum absolute atomic E-state index is 0.116. The standard InChI is InChI=1S/C15H19N3O2S/c1-9-4-5-13(20-3)11(6-9)12-8-21-15(17-12)18-14(19)10(2)7-16/h4-6,8,10H,7,16H2,1-3H3,(H,17,18,19). The number of aryl methyl sites for hydroxylation is 1. The molecule has 0 saturated heterocycles. The molecule has 0 radical (unpaired) electrons. The van der Waals surface area contributed by atoms with Crippen molar-refractivity contribution < 1.29 is 9.53 Å². The van der Waals surface area contributed by atoms with Crippen LogP contribution in [0.25, 0.3) is 11.3 Å². The first-order valence-corrected chi connectivity index (χ1v) is 7.54. The lowest BCUT2D eigenvalue weighted by atomic mass is 10.1. The molecule has 1 aromatic carbocycles. The van der Waals surface area contributed by atoms with E-state index in [1.54, 1.807) is 14.0 Å². The highest BCUT2D eigenvalue weighted by molar-refractivity contribution is 7.14. The molecule has 0 spiro atoms. The van der Waals surface area contributed by atoms with Gasteiger partial charge in [-0.05, 0) is 19.1 Å². The fraction of sp³-hybridized carbons (Fsp3) is 0.333.